The molecule has 0 aliphatic heterocycles. The van der Waals surface area contributed by atoms with Gasteiger partial charge in [-0.05, 0) is 18.4 Å². The Balaban J connectivity index is 0.00000261. The monoisotopic (exact) mass is 496 g/mol. The fourth-order valence-corrected chi connectivity index (χ4v) is 3.46. The number of aryl methyl sites for hydroxylation is 1. The molecule has 2 N–H and O–H groups in total. The summed E-state index contributed by atoms with van der Waals surface area (Å²) in [6.07, 6.45) is 2.81. The van der Waals surface area contributed by atoms with E-state index < -0.39 is 0 Å². The maximum absolute atomic E-state index is 5.94. The third-order valence-electron chi connectivity index (χ3n) is 3.93. The molecule has 1 aromatic heterocycles. The Morgan fingerprint density at radius 1 is 1.11 bits per heavy atom. The van der Waals surface area contributed by atoms with Gasteiger partial charge in [0.05, 0.1) is 11.6 Å². The van der Waals surface area contributed by atoms with Crippen molar-refractivity contribution < 1.29 is 4.74 Å². The van der Waals surface area contributed by atoms with Gasteiger partial charge in [0.2, 0.25) is 0 Å². The van der Waals surface area contributed by atoms with E-state index in [4.69, 9.17) is 4.74 Å². The maximum atomic E-state index is 5.94. The van der Waals surface area contributed by atoms with E-state index >= 15 is 0 Å². The number of thiazole rings is 1. The van der Waals surface area contributed by atoms with Crippen molar-refractivity contribution in [2.24, 2.45) is 4.99 Å². The van der Waals surface area contributed by atoms with E-state index in [1.807, 2.05) is 30.5 Å². The zero-order valence-electron chi connectivity index (χ0n) is 15.6. The average Bonchev–Trinajstić information content (AvgIpc) is 3.09. The summed E-state index contributed by atoms with van der Waals surface area (Å²) in [5.41, 5.74) is 0. The fraction of sp³-hybridized carbons (Fsp3) is 0.300. The Bertz CT molecular complexity index is 876. The van der Waals surface area contributed by atoms with Gasteiger partial charge in [0.25, 0.3) is 0 Å². The lowest BCUT2D eigenvalue weighted by Crippen LogP contribution is -2.40. The molecule has 0 fully saturated rings. The van der Waals surface area contributed by atoms with E-state index in [-0.39, 0.29) is 24.0 Å². The van der Waals surface area contributed by atoms with Gasteiger partial charge in [-0.25, -0.2) is 4.98 Å². The van der Waals surface area contributed by atoms with Crippen LogP contribution in [0.2, 0.25) is 0 Å². The molecule has 2 aromatic carbocycles. The number of aromatic nitrogens is 1. The van der Waals surface area contributed by atoms with Crippen LogP contribution in [0.1, 0.15) is 9.88 Å². The Kier molecular flexibility index (Phi) is 8.80. The first-order valence-electron chi connectivity index (χ1n) is 8.72. The van der Waals surface area contributed by atoms with Gasteiger partial charge in [0.15, 0.2) is 5.96 Å². The van der Waals surface area contributed by atoms with Crippen LogP contribution in [0.3, 0.4) is 0 Å². The van der Waals surface area contributed by atoms with Crippen LogP contribution in [0.15, 0.2) is 53.7 Å². The highest BCUT2D eigenvalue weighted by Gasteiger charge is 2.03. The third kappa shape index (κ3) is 6.35. The number of benzene rings is 2. The van der Waals surface area contributed by atoms with Crippen molar-refractivity contribution in [3.8, 4) is 5.75 Å². The van der Waals surface area contributed by atoms with Crippen molar-refractivity contribution in [2.75, 3.05) is 26.7 Å². The van der Waals surface area contributed by atoms with Gasteiger partial charge in [-0.1, -0.05) is 36.4 Å². The zero-order chi connectivity index (χ0) is 18.2. The summed E-state index contributed by atoms with van der Waals surface area (Å²) in [4.78, 5) is 9.85. The summed E-state index contributed by atoms with van der Waals surface area (Å²) < 4.78 is 5.94. The summed E-state index contributed by atoms with van der Waals surface area (Å²) in [6.45, 7) is 4.13. The van der Waals surface area contributed by atoms with Crippen LogP contribution in [0.4, 0.5) is 0 Å². The van der Waals surface area contributed by atoms with Crippen molar-refractivity contribution in [2.45, 2.75) is 13.3 Å². The highest BCUT2D eigenvalue weighted by molar-refractivity contribution is 14.0. The average molecular weight is 496 g/mol. The Morgan fingerprint density at radius 2 is 1.89 bits per heavy atom. The van der Waals surface area contributed by atoms with Crippen LogP contribution in [0.5, 0.6) is 5.75 Å². The second-order valence-corrected chi connectivity index (χ2v) is 7.19. The highest BCUT2D eigenvalue weighted by Crippen LogP contribution is 2.24. The summed E-state index contributed by atoms with van der Waals surface area (Å²) in [5.74, 6) is 1.69. The number of fused-ring (bicyclic) bond motifs is 1. The van der Waals surface area contributed by atoms with Gasteiger partial charge >= 0.3 is 0 Å². The van der Waals surface area contributed by atoms with Gasteiger partial charge in [0, 0.05) is 36.5 Å². The second kappa shape index (κ2) is 11.1. The molecule has 0 amide bonds. The van der Waals surface area contributed by atoms with E-state index in [1.54, 1.807) is 18.4 Å². The first-order chi connectivity index (χ1) is 12.8. The fourth-order valence-electron chi connectivity index (χ4n) is 2.68. The molecule has 1 heterocycles. The minimum Gasteiger partial charge on any atom is -0.491 e. The molecule has 0 radical (unpaired) electrons. The second-order valence-electron chi connectivity index (χ2n) is 5.87. The molecule has 3 rings (SSSR count). The predicted molar refractivity (Wildman–Crippen MR) is 125 cm³/mol. The molecule has 0 saturated heterocycles. The van der Waals surface area contributed by atoms with Crippen molar-refractivity contribution in [3.05, 3.63) is 58.5 Å². The van der Waals surface area contributed by atoms with Crippen molar-refractivity contribution in [1.82, 2.24) is 15.6 Å². The molecule has 5 nitrogen and oxygen atoms in total. The van der Waals surface area contributed by atoms with Crippen LogP contribution in [-0.2, 0) is 6.42 Å². The van der Waals surface area contributed by atoms with Gasteiger partial charge in [0.1, 0.15) is 12.4 Å². The van der Waals surface area contributed by atoms with E-state index in [0.29, 0.717) is 13.2 Å². The van der Waals surface area contributed by atoms with Crippen LogP contribution in [0.25, 0.3) is 10.8 Å². The minimum absolute atomic E-state index is 0. The first kappa shape index (κ1) is 21.4. The Morgan fingerprint density at radius 3 is 2.67 bits per heavy atom. The van der Waals surface area contributed by atoms with Crippen molar-refractivity contribution in [1.29, 1.82) is 0 Å². The standard InChI is InChI=1S/C20H24N4OS.HI/c1-15-14-24-19(26-15)10-11-22-20(21-2)23-12-13-25-18-9-5-7-16-6-3-4-8-17(16)18;/h3-9,14H,10-13H2,1-2H3,(H2,21,22,23);1H. The highest BCUT2D eigenvalue weighted by atomic mass is 127. The summed E-state index contributed by atoms with van der Waals surface area (Å²) in [7, 11) is 1.77. The SMILES string of the molecule is CN=C(NCCOc1cccc2ccccc12)NCCc1ncc(C)s1.I. The summed E-state index contributed by atoms with van der Waals surface area (Å²) >= 11 is 1.74. The molecular formula is C20H25IN4OS. The molecule has 144 valence electrons. The number of ether oxygens (including phenoxy) is 1. The zero-order valence-corrected chi connectivity index (χ0v) is 18.7. The van der Waals surface area contributed by atoms with E-state index in [9.17, 15) is 0 Å². The Labute approximate surface area is 181 Å². The number of rotatable bonds is 7. The third-order valence-corrected chi connectivity index (χ3v) is 4.90. The van der Waals surface area contributed by atoms with E-state index in [2.05, 4.69) is 45.7 Å². The number of hydrogen-bond donors (Lipinski definition) is 2. The molecule has 3 aromatic rings. The number of aliphatic imine (C=N–C) groups is 1. The maximum Gasteiger partial charge on any atom is 0.191 e. The van der Waals surface area contributed by atoms with Gasteiger partial charge < -0.3 is 15.4 Å². The normalized spacial score (nSPS) is 11.1. The van der Waals surface area contributed by atoms with Gasteiger partial charge in [-0.15, -0.1) is 35.3 Å². The smallest absolute Gasteiger partial charge is 0.191 e. The molecule has 7 heteroatoms. The van der Waals surface area contributed by atoms with Crippen molar-refractivity contribution >= 4 is 52.0 Å². The molecular weight excluding hydrogens is 471 g/mol. The molecule has 0 unspecified atom stereocenters. The Hall–Kier alpha value is -1.87. The molecule has 0 bridgehead atoms. The molecule has 0 aliphatic carbocycles. The van der Waals surface area contributed by atoms with Gasteiger partial charge in [-0.2, -0.15) is 0 Å². The summed E-state index contributed by atoms with van der Waals surface area (Å²) in [5, 5.41) is 10.0. The van der Waals surface area contributed by atoms with E-state index in [1.165, 1.54) is 10.3 Å². The minimum atomic E-state index is 0. The van der Waals surface area contributed by atoms with Gasteiger partial charge in [-0.3, -0.25) is 4.99 Å². The first-order valence-corrected chi connectivity index (χ1v) is 9.54. The number of halogens is 1. The van der Waals surface area contributed by atoms with Crippen molar-refractivity contribution in [3.63, 3.8) is 0 Å². The quantitative estimate of drug-likeness (QED) is 0.225. The molecule has 0 saturated carbocycles. The lowest BCUT2D eigenvalue weighted by Gasteiger charge is -2.13. The molecule has 0 atom stereocenters. The number of guanidine groups is 1. The molecule has 27 heavy (non-hydrogen) atoms. The number of nitrogens with one attached hydrogen (secondary N) is 2. The number of hydrogen-bond acceptors (Lipinski definition) is 4. The predicted octanol–water partition coefficient (Wildman–Crippen LogP) is 4.01. The lowest BCUT2D eigenvalue weighted by molar-refractivity contribution is 0.325. The molecule has 0 aliphatic rings. The number of nitrogens with zero attached hydrogens (tertiary/aromatic N) is 2. The largest absolute Gasteiger partial charge is 0.491 e. The topological polar surface area (TPSA) is 58.5 Å². The van der Waals surface area contributed by atoms with Crippen LogP contribution in [-0.4, -0.2) is 37.7 Å². The summed E-state index contributed by atoms with van der Waals surface area (Å²) in [6, 6.07) is 14.4. The van der Waals surface area contributed by atoms with Crippen LogP contribution in [0, 0.1) is 6.92 Å². The van der Waals surface area contributed by atoms with E-state index in [0.717, 1.165) is 35.1 Å². The van der Waals surface area contributed by atoms with Crippen LogP contribution >= 0.6 is 35.3 Å². The molecule has 0 spiro atoms. The van der Waals surface area contributed by atoms with Crippen LogP contribution < -0.4 is 15.4 Å². The lowest BCUT2D eigenvalue weighted by atomic mass is 10.1.